The first-order chi connectivity index (χ1) is 9.82. The summed E-state index contributed by atoms with van der Waals surface area (Å²) < 4.78 is 39.8. The maximum absolute atomic E-state index is 13.1. The van der Waals surface area contributed by atoms with E-state index >= 15 is 0 Å². The van der Waals surface area contributed by atoms with Gasteiger partial charge in [0.25, 0.3) is 0 Å². The van der Waals surface area contributed by atoms with Crippen LogP contribution in [0.3, 0.4) is 0 Å². The van der Waals surface area contributed by atoms with Gasteiger partial charge in [-0.15, -0.1) is 0 Å². The first-order valence-corrected chi connectivity index (χ1v) is 8.26. The summed E-state index contributed by atoms with van der Waals surface area (Å²) in [5.74, 6) is -1.41. The number of hydrogen-bond donors (Lipinski definition) is 1. The third kappa shape index (κ3) is 3.41. The molecule has 0 aliphatic carbocycles. The summed E-state index contributed by atoms with van der Waals surface area (Å²) in [5.41, 5.74) is 0.360. The van der Waals surface area contributed by atoms with Crippen molar-refractivity contribution in [2.75, 3.05) is 6.54 Å². The van der Waals surface area contributed by atoms with E-state index in [4.69, 9.17) is 5.11 Å². The normalized spacial score (nSPS) is 19.8. The molecule has 1 heterocycles. The smallest absolute Gasteiger partial charge is 0.303 e. The van der Waals surface area contributed by atoms with Gasteiger partial charge in [0, 0.05) is 19.0 Å². The van der Waals surface area contributed by atoms with E-state index in [1.807, 2.05) is 0 Å². The highest BCUT2D eigenvalue weighted by Gasteiger charge is 2.35. The lowest BCUT2D eigenvalue weighted by molar-refractivity contribution is -0.137. The summed E-state index contributed by atoms with van der Waals surface area (Å²) in [7, 11) is -3.71. The summed E-state index contributed by atoms with van der Waals surface area (Å²) in [6.07, 6.45) is 1.62. The Balaban J connectivity index is 2.27. The SMILES string of the molecule is Cc1cc(F)ccc1S(=O)(=O)N1CCCC1CCC(=O)O. The van der Waals surface area contributed by atoms with E-state index in [0.717, 1.165) is 6.07 Å². The van der Waals surface area contributed by atoms with Crippen LogP contribution in [-0.4, -0.2) is 36.4 Å². The Kier molecular flexibility index (Phi) is 4.63. The van der Waals surface area contributed by atoms with Crippen LogP contribution in [0.2, 0.25) is 0 Å². The summed E-state index contributed by atoms with van der Waals surface area (Å²) >= 11 is 0. The molecule has 0 radical (unpaired) electrons. The number of sulfonamides is 1. The lowest BCUT2D eigenvalue weighted by Gasteiger charge is -2.24. The monoisotopic (exact) mass is 315 g/mol. The van der Waals surface area contributed by atoms with Crippen LogP contribution >= 0.6 is 0 Å². The van der Waals surface area contributed by atoms with Crippen LogP contribution in [0, 0.1) is 12.7 Å². The average molecular weight is 315 g/mol. The van der Waals surface area contributed by atoms with Gasteiger partial charge in [0.05, 0.1) is 4.90 Å². The number of rotatable bonds is 5. The maximum atomic E-state index is 13.1. The van der Waals surface area contributed by atoms with Crippen LogP contribution < -0.4 is 0 Å². The topological polar surface area (TPSA) is 74.7 Å². The first kappa shape index (κ1) is 15.9. The highest BCUT2D eigenvalue weighted by molar-refractivity contribution is 7.89. The van der Waals surface area contributed by atoms with Crippen molar-refractivity contribution in [3.8, 4) is 0 Å². The molecule has 0 aromatic heterocycles. The second kappa shape index (κ2) is 6.11. The van der Waals surface area contributed by atoms with Crippen molar-refractivity contribution in [1.29, 1.82) is 0 Å². The molecule has 7 heteroatoms. The van der Waals surface area contributed by atoms with Crippen molar-refractivity contribution in [2.45, 2.75) is 43.5 Å². The van der Waals surface area contributed by atoms with E-state index in [9.17, 15) is 17.6 Å². The third-order valence-electron chi connectivity index (χ3n) is 3.74. The number of carboxylic acid groups (broad SMARTS) is 1. The number of halogens is 1. The Morgan fingerprint density at radius 3 is 2.81 bits per heavy atom. The Labute approximate surface area is 123 Å². The molecule has 0 bridgehead atoms. The van der Waals surface area contributed by atoms with Crippen LogP contribution in [0.25, 0.3) is 0 Å². The molecule has 1 unspecified atom stereocenters. The largest absolute Gasteiger partial charge is 0.481 e. The minimum atomic E-state index is -3.71. The Hall–Kier alpha value is -1.47. The van der Waals surface area contributed by atoms with E-state index < -0.39 is 21.8 Å². The zero-order chi connectivity index (χ0) is 15.6. The molecule has 0 spiro atoms. The fourth-order valence-electron chi connectivity index (χ4n) is 2.73. The highest BCUT2D eigenvalue weighted by atomic mass is 32.2. The van der Waals surface area contributed by atoms with E-state index in [1.165, 1.54) is 16.4 Å². The third-order valence-corrected chi connectivity index (χ3v) is 5.85. The summed E-state index contributed by atoms with van der Waals surface area (Å²) in [4.78, 5) is 10.8. The van der Waals surface area contributed by atoms with Crippen molar-refractivity contribution in [2.24, 2.45) is 0 Å². The van der Waals surface area contributed by atoms with Crippen LogP contribution in [0.15, 0.2) is 23.1 Å². The summed E-state index contributed by atoms with van der Waals surface area (Å²) in [5, 5.41) is 8.74. The zero-order valence-electron chi connectivity index (χ0n) is 11.8. The van der Waals surface area contributed by atoms with Gasteiger partial charge < -0.3 is 5.11 Å². The van der Waals surface area contributed by atoms with E-state index in [2.05, 4.69) is 0 Å². The fourth-order valence-corrected chi connectivity index (χ4v) is 4.66. The van der Waals surface area contributed by atoms with Gasteiger partial charge in [-0.3, -0.25) is 4.79 Å². The molecule has 2 rings (SSSR count). The predicted octanol–water partition coefficient (Wildman–Crippen LogP) is 2.15. The molecule has 1 N–H and O–H groups in total. The first-order valence-electron chi connectivity index (χ1n) is 6.82. The molecule has 0 saturated carbocycles. The number of carboxylic acids is 1. The quantitative estimate of drug-likeness (QED) is 0.903. The number of nitrogens with zero attached hydrogens (tertiary/aromatic N) is 1. The van der Waals surface area contributed by atoms with Crippen LogP contribution in [0.5, 0.6) is 0 Å². The molecule has 1 aromatic carbocycles. The Bertz CT molecular complexity index is 644. The summed E-state index contributed by atoms with van der Waals surface area (Å²) in [6, 6.07) is 3.29. The van der Waals surface area contributed by atoms with Gasteiger partial charge in [0.2, 0.25) is 10.0 Å². The van der Waals surface area contributed by atoms with Crippen LogP contribution in [0.4, 0.5) is 4.39 Å². The predicted molar refractivity (Wildman–Crippen MR) is 74.9 cm³/mol. The van der Waals surface area contributed by atoms with E-state index in [0.29, 0.717) is 31.4 Å². The maximum Gasteiger partial charge on any atom is 0.303 e. The second-order valence-electron chi connectivity index (χ2n) is 5.25. The molecular formula is C14H18FNO4S. The van der Waals surface area contributed by atoms with Crippen molar-refractivity contribution in [1.82, 2.24) is 4.31 Å². The van der Waals surface area contributed by atoms with Crippen molar-refractivity contribution >= 4 is 16.0 Å². The molecule has 1 saturated heterocycles. The van der Waals surface area contributed by atoms with Crippen molar-refractivity contribution in [3.63, 3.8) is 0 Å². The van der Waals surface area contributed by atoms with Crippen molar-refractivity contribution in [3.05, 3.63) is 29.6 Å². The van der Waals surface area contributed by atoms with Gasteiger partial charge in [0.15, 0.2) is 0 Å². The Morgan fingerprint density at radius 1 is 1.48 bits per heavy atom. The van der Waals surface area contributed by atoms with Gasteiger partial charge in [-0.2, -0.15) is 4.31 Å². The van der Waals surface area contributed by atoms with E-state index in [1.54, 1.807) is 6.92 Å². The molecule has 1 aliphatic heterocycles. The highest BCUT2D eigenvalue weighted by Crippen LogP contribution is 2.30. The standard InChI is InChI=1S/C14H18FNO4S/c1-10-9-11(15)4-6-13(10)21(19,20)16-8-2-3-12(16)5-7-14(17)18/h4,6,9,12H,2-3,5,7-8H2,1H3,(H,17,18). The zero-order valence-corrected chi connectivity index (χ0v) is 12.6. The molecule has 1 atom stereocenters. The molecular weight excluding hydrogens is 297 g/mol. The second-order valence-corrected chi connectivity index (χ2v) is 7.11. The lowest BCUT2D eigenvalue weighted by atomic mass is 10.1. The number of benzene rings is 1. The molecule has 21 heavy (non-hydrogen) atoms. The Morgan fingerprint density at radius 2 is 2.19 bits per heavy atom. The lowest BCUT2D eigenvalue weighted by Crippen LogP contribution is -2.36. The number of aliphatic carboxylic acids is 1. The van der Waals surface area contributed by atoms with Crippen LogP contribution in [-0.2, 0) is 14.8 Å². The average Bonchev–Trinajstić information content (AvgIpc) is 2.84. The van der Waals surface area contributed by atoms with Crippen LogP contribution in [0.1, 0.15) is 31.2 Å². The molecule has 1 aliphatic rings. The molecule has 0 amide bonds. The summed E-state index contributed by atoms with van der Waals surface area (Å²) in [6.45, 7) is 1.93. The molecule has 5 nitrogen and oxygen atoms in total. The number of carbonyl (C=O) groups is 1. The minimum absolute atomic E-state index is 0.0565. The van der Waals surface area contributed by atoms with Gasteiger partial charge >= 0.3 is 5.97 Å². The fraction of sp³-hybridized carbons (Fsp3) is 0.500. The van der Waals surface area contributed by atoms with Gasteiger partial charge in [-0.1, -0.05) is 0 Å². The molecule has 1 fully saturated rings. The minimum Gasteiger partial charge on any atom is -0.481 e. The van der Waals surface area contributed by atoms with Crippen molar-refractivity contribution < 1.29 is 22.7 Å². The molecule has 1 aromatic rings. The van der Waals surface area contributed by atoms with Gasteiger partial charge in [-0.25, -0.2) is 12.8 Å². The number of aryl methyl sites for hydroxylation is 1. The van der Waals surface area contributed by atoms with Gasteiger partial charge in [0.1, 0.15) is 5.82 Å². The van der Waals surface area contributed by atoms with Gasteiger partial charge in [-0.05, 0) is 49.9 Å². The van der Waals surface area contributed by atoms with E-state index in [-0.39, 0.29) is 17.4 Å². The molecule has 116 valence electrons. The number of hydrogen-bond acceptors (Lipinski definition) is 3.